The highest BCUT2D eigenvalue weighted by molar-refractivity contribution is 5.34. The average molecular weight is 230 g/mol. The van der Waals surface area contributed by atoms with Crippen LogP contribution >= 0.6 is 0 Å². The topological polar surface area (TPSA) is 0 Å². The molecule has 1 aliphatic carbocycles. The Hall–Kier alpha value is -0.940. The van der Waals surface area contributed by atoms with Crippen LogP contribution in [0.1, 0.15) is 13.3 Å². The summed E-state index contributed by atoms with van der Waals surface area (Å²) in [5.74, 6) is -0.747. The molecule has 86 valence electrons. The molecule has 0 bridgehead atoms. The Bertz CT molecular complexity index is 304. The molecule has 0 aromatic carbocycles. The van der Waals surface area contributed by atoms with Crippen LogP contribution in [0.2, 0.25) is 0 Å². The fourth-order valence-corrected chi connectivity index (χ4v) is 1.38. The Morgan fingerprint density at radius 2 is 1.60 bits per heavy atom. The van der Waals surface area contributed by atoms with Gasteiger partial charge in [0.05, 0.1) is 5.57 Å². The van der Waals surface area contributed by atoms with Crippen LogP contribution in [0.3, 0.4) is 0 Å². The van der Waals surface area contributed by atoms with Gasteiger partial charge < -0.3 is 0 Å². The van der Waals surface area contributed by atoms with Crippen molar-refractivity contribution in [2.45, 2.75) is 25.7 Å². The van der Waals surface area contributed by atoms with Crippen LogP contribution in [0, 0.1) is 5.92 Å². The Morgan fingerprint density at radius 1 is 1.07 bits per heavy atom. The predicted molar refractivity (Wildman–Crippen MR) is 42.1 cm³/mol. The zero-order valence-corrected chi connectivity index (χ0v) is 7.71. The van der Waals surface area contributed by atoms with Crippen molar-refractivity contribution in [1.82, 2.24) is 0 Å². The van der Waals surface area contributed by atoms with Crippen molar-refractivity contribution in [2.75, 3.05) is 0 Å². The molecule has 6 heteroatoms. The second-order valence-electron chi connectivity index (χ2n) is 3.47. The Morgan fingerprint density at radius 3 is 2.00 bits per heavy atom. The molecular formula is C9H8F6. The van der Waals surface area contributed by atoms with Crippen molar-refractivity contribution in [3.05, 3.63) is 23.3 Å². The second kappa shape index (κ2) is 3.57. The highest BCUT2D eigenvalue weighted by Crippen LogP contribution is 2.39. The van der Waals surface area contributed by atoms with Crippen LogP contribution in [-0.2, 0) is 0 Å². The minimum atomic E-state index is -4.72. The zero-order chi connectivity index (χ0) is 11.9. The van der Waals surface area contributed by atoms with Crippen molar-refractivity contribution >= 4 is 0 Å². The fraction of sp³-hybridized carbons (Fsp3) is 0.556. The fourth-order valence-electron chi connectivity index (χ4n) is 1.38. The van der Waals surface area contributed by atoms with E-state index in [1.165, 1.54) is 6.92 Å². The van der Waals surface area contributed by atoms with E-state index in [-0.39, 0.29) is 6.08 Å². The molecule has 0 fully saturated rings. The van der Waals surface area contributed by atoms with Crippen LogP contribution in [0.15, 0.2) is 23.3 Å². The van der Waals surface area contributed by atoms with Gasteiger partial charge in [0.15, 0.2) is 0 Å². The first-order chi connectivity index (χ1) is 6.60. The van der Waals surface area contributed by atoms with Crippen LogP contribution in [0.5, 0.6) is 0 Å². The van der Waals surface area contributed by atoms with Gasteiger partial charge in [-0.3, -0.25) is 0 Å². The van der Waals surface area contributed by atoms with Gasteiger partial charge in [0.25, 0.3) is 0 Å². The molecule has 0 amide bonds. The van der Waals surface area contributed by atoms with Gasteiger partial charge in [-0.1, -0.05) is 13.0 Å². The first-order valence-corrected chi connectivity index (χ1v) is 4.17. The maximum absolute atomic E-state index is 12.2. The Kier molecular flexibility index (Phi) is 2.89. The van der Waals surface area contributed by atoms with Gasteiger partial charge in [0, 0.05) is 5.57 Å². The molecule has 1 atom stereocenters. The van der Waals surface area contributed by atoms with E-state index in [0.29, 0.717) is 0 Å². The van der Waals surface area contributed by atoms with E-state index >= 15 is 0 Å². The molecule has 0 aliphatic heterocycles. The van der Waals surface area contributed by atoms with E-state index in [4.69, 9.17) is 0 Å². The molecule has 1 aliphatic rings. The van der Waals surface area contributed by atoms with Crippen LogP contribution in [-0.4, -0.2) is 12.4 Å². The molecule has 1 rings (SSSR count). The summed E-state index contributed by atoms with van der Waals surface area (Å²) >= 11 is 0. The molecular weight excluding hydrogens is 222 g/mol. The minimum absolute atomic E-state index is 0.181. The largest absolute Gasteiger partial charge is 0.416 e. The highest BCUT2D eigenvalue weighted by atomic mass is 19.4. The maximum atomic E-state index is 12.2. The summed E-state index contributed by atoms with van der Waals surface area (Å²) in [7, 11) is 0. The molecule has 0 N–H and O–H groups in total. The van der Waals surface area contributed by atoms with Crippen LogP contribution < -0.4 is 0 Å². The smallest absolute Gasteiger partial charge is 0.166 e. The summed E-state index contributed by atoms with van der Waals surface area (Å²) in [6.45, 7) is 1.32. The van der Waals surface area contributed by atoms with E-state index in [1.54, 1.807) is 0 Å². The summed E-state index contributed by atoms with van der Waals surface area (Å²) < 4.78 is 73.2. The number of hydrogen-bond donors (Lipinski definition) is 0. The van der Waals surface area contributed by atoms with E-state index < -0.39 is 35.8 Å². The van der Waals surface area contributed by atoms with Crippen molar-refractivity contribution in [3.8, 4) is 0 Å². The van der Waals surface area contributed by atoms with E-state index in [2.05, 4.69) is 0 Å². The first-order valence-electron chi connectivity index (χ1n) is 4.17. The predicted octanol–water partition coefficient (Wildman–Crippen LogP) is 4.00. The number of halogens is 6. The molecule has 0 aromatic heterocycles. The normalized spacial score (nSPS) is 23.5. The SMILES string of the molecule is C[C@H]1C=C(C(F)(F)F)C=C(C(F)(F)F)C1. The molecule has 0 heterocycles. The zero-order valence-electron chi connectivity index (χ0n) is 7.71. The third-order valence-electron chi connectivity index (χ3n) is 2.03. The average Bonchev–Trinajstić information content (AvgIpc) is 1.99. The third kappa shape index (κ3) is 3.00. The highest BCUT2D eigenvalue weighted by Gasteiger charge is 2.40. The van der Waals surface area contributed by atoms with Crippen LogP contribution in [0.4, 0.5) is 26.3 Å². The summed E-state index contributed by atoms with van der Waals surface area (Å²) in [5, 5.41) is 0. The van der Waals surface area contributed by atoms with E-state index in [1.807, 2.05) is 0 Å². The number of hydrogen-bond acceptors (Lipinski definition) is 0. The number of rotatable bonds is 0. The maximum Gasteiger partial charge on any atom is 0.416 e. The lowest BCUT2D eigenvalue weighted by Gasteiger charge is -2.21. The lowest BCUT2D eigenvalue weighted by Crippen LogP contribution is -2.21. The van der Waals surface area contributed by atoms with Crippen molar-refractivity contribution in [2.24, 2.45) is 5.92 Å². The minimum Gasteiger partial charge on any atom is -0.166 e. The van der Waals surface area contributed by atoms with Gasteiger partial charge in [-0.25, -0.2) is 0 Å². The molecule has 0 radical (unpaired) electrons. The molecule has 0 saturated heterocycles. The molecule has 0 spiro atoms. The van der Waals surface area contributed by atoms with Crippen molar-refractivity contribution in [3.63, 3.8) is 0 Å². The Balaban J connectivity index is 3.06. The molecule has 15 heavy (non-hydrogen) atoms. The first kappa shape index (κ1) is 12.1. The second-order valence-corrected chi connectivity index (χ2v) is 3.47. The molecule has 0 aromatic rings. The van der Waals surface area contributed by atoms with Gasteiger partial charge in [0.2, 0.25) is 0 Å². The summed E-state index contributed by atoms with van der Waals surface area (Å²) in [5.41, 5.74) is -2.33. The van der Waals surface area contributed by atoms with Gasteiger partial charge in [0.1, 0.15) is 0 Å². The molecule has 0 nitrogen and oxygen atoms in total. The Labute approximate surface area is 82.3 Å². The van der Waals surface area contributed by atoms with Gasteiger partial charge in [-0.2, -0.15) is 26.3 Å². The number of allylic oxidation sites excluding steroid dienone is 4. The number of alkyl halides is 6. The lowest BCUT2D eigenvalue weighted by molar-refractivity contribution is -0.0998. The molecule has 0 saturated carbocycles. The van der Waals surface area contributed by atoms with Crippen molar-refractivity contribution in [1.29, 1.82) is 0 Å². The molecule has 0 unspecified atom stereocenters. The van der Waals surface area contributed by atoms with Gasteiger partial charge in [-0.05, 0) is 18.4 Å². The summed E-state index contributed by atoms with van der Waals surface area (Å²) in [6.07, 6.45) is -8.80. The van der Waals surface area contributed by atoms with Gasteiger partial charge in [-0.15, -0.1) is 0 Å². The lowest BCUT2D eigenvalue weighted by atomic mass is 9.91. The standard InChI is InChI=1S/C9H8F6/c1-5-2-6(8(10,11)12)4-7(3-5)9(13,14)15/h2,4-5H,3H2,1H3/t5-/m0/s1. The summed E-state index contributed by atoms with van der Waals surface area (Å²) in [4.78, 5) is 0. The van der Waals surface area contributed by atoms with Crippen LogP contribution in [0.25, 0.3) is 0 Å². The van der Waals surface area contributed by atoms with E-state index in [9.17, 15) is 26.3 Å². The van der Waals surface area contributed by atoms with E-state index in [0.717, 1.165) is 6.08 Å². The van der Waals surface area contributed by atoms with Gasteiger partial charge >= 0.3 is 12.4 Å². The monoisotopic (exact) mass is 230 g/mol. The third-order valence-corrected chi connectivity index (χ3v) is 2.03. The quantitative estimate of drug-likeness (QED) is 0.551. The summed E-state index contributed by atoms with van der Waals surface area (Å²) in [6, 6.07) is 0. The van der Waals surface area contributed by atoms with Crippen molar-refractivity contribution < 1.29 is 26.3 Å².